The van der Waals surface area contributed by atoms with E-state index in [0.29, 0.717) is 27.7 Å². The van der Waals surface area contributed by atoms with Gasteiger partial charge >= 0.3 is 0 Å². The normalized spacial score (nSPS) is 10.2. The smallest absolute Gasteiger partial charge is 0.257 e. The van der Waals surface area contributed by atoms with Gasteiger partial charge in [0.1, 0.15) is 5.75 Å². The van der Waals surface area contributed by atoms with Crippen molar-refractivity contribution in [2.45, 2.75) is 6.92 Å². The van der Waals surface area contributed by atoms with Crippen molar-refractivity contribution in [3.05, 3.63) is 52.5 Å². The Hall–Kier alpha value is -2.20. The first-order valence-corrected chi connectivity index (χ1v) is 6.40. The van der Waals surface area contributed by atoms with Crippen LogP contribution in [-0.2, 0) is 0 Å². The number of aryl methyl sites for hydroxylation is 1. The average Bonchev–Trinajstić information content (AvgIpc) is 2.42. The van der Waals surface area contributed by atoms with Gasteiger partial charge in [-0.05, 0) is 30.7 Å². The quantitative estimate of drug-likeness (QED) is 0.851. The zero-order chi connectivity index (χ0) is 14.7. The Bertz CT molecular complexity index is 636. The van der Waals surface area contributed by atoms with E-state index >= 15 is 0 Å². The molecular weight excluding hydrogens is 276 g/mol. The first kappa shape index (κ1) is 14.2. The van der Waals surface area contributed by atoms with Crippen molar-refractivity contribution in [1.29, 1.82) is 0 Å². The van der Waals surface area contributed by atoms with E-state index in [9.17, 15) is 4.79 Å². The molecule has 0 unspecified atom stereocenters. The van der Waals surface area contributed by atoms with Gasteiger partial charge in [-0.1, -0.05) is 23.7 Å². The molecule has 3 N–H and O–H groups in total. The number of ether oxygens (including phenoxy) is 1. The first-order valence-electron chi connectivity index (χ1n) is 6.03. The van der Waals surface area contributed by atoms with E-state index in [0.717, 1.165) is 5.56 Å². The van der Waals surface area contributed by atoms with Crippen LogP contribution in [-0.4, -0.2) is 13.0 Å². The van der Waals surface area contributed by atoms with Gasteiger partial charge in [-0.3, -0.25) is 4.79 Å². The molecule has 0 saturated carbocycles. The molecule has 0 fully saturated rings. The van der Waals surface area contributed by atoms with Gasteiger partial charge in [0, 0.05) is 11.8 Å². The van der Waals surface area contributed by atoms with Crippen LogP contribution in [0.5, 0.6) is 5.75 Å². The topological polar surface area (TPSA) is 64.3 Å². The van der Waals surface area contributed by atoms with Crippen LogP contribution in [0.2, 0.25) is 5.02 Å². The van der Waals surface area contributed by atoms with Gasteiger partial charge < -0.3 is 15.8 Å². The number of nitrogen functional groups attached to an aromatic ring is 1. The fraction of sp³-hybridized carbons (Fsp3) is 0.133. The number of carbonyl (C=O) groups is 1. The lowest BCUT2D eigenvalue weighted by molar-refractivity contribution is 0.102. The summed E-state index contributed by atoms with van der Waals surface area (Å²) in [5, 5.41) is 3.27. The summed E-state index contributed by atoms with van der Waals surface area (Å²) in [5.41, 5.74) is 8.07. The highest BCUT2D eigenvalue weighted by Gasteiger charge is 2.13. The van der Waals surface area contributed by atoms with Crippen molar-refractivity contribution in [3.8, 4) is 5.75 Å². The molecule has 0 aliphatic carbocycles. The number of halogens is 1. The zero-order valence-electron chi connectivity index (χ0n) is 11.2. The molecule has 0 heterocycles. The standard InChI is InChI=1S/C15H15ClN2O2/c1-9-4-3-5-12(16)14(9)18-15(19)11-7-6-10(20-2)8-13(11)17/h3-8H,17H2,1-2H3,(H,18,19). The van der Waals surface area contributed by atoms with E-state index in [1.807, 2.05) is 19.1 Å². The Labute approximate surface area is 122 Å². The molecule has 5 heteroatoms. The third kappa shape index (κ3) is 2.86. The van der Waals surface area contributed by atoms with Crippen LogP contribution in [0.4, 0.5) is 11.4 Å². The molecule has 0 radical (unpaired) electrons. The van der Waals surface area contributed by atoms with Gasteiger partial charge in [0.25, 0.3) is 5.91 Å². The lowest BCUT2D eigenvalue weighted by atomic mass is 10.1. The molecule has 0 spiro atoms. The van der Waals surface area contributed by atoms with Crippen LogP contribution in [0, 0.1) is 6.92 Å². The summed E-state index contributed by atoms with van der Waals surface area (Å²) in [7, 11) is 1.54. The lowest BCUT2D eigenvalue weighted by Crippen LogP contribution is -2.15. The van der Waals surface area contributed by atoms with Crippen LogP contribution < -0.4 is 15.8 Å². The number of methoxy groups -OCH3 is 1. The summed E-state index contributed by atoms with van der Waals surface area (Å²) >= 11 is 6.08. The molecule has 0 atom stereocenters. The van der Waals surface area contributed by atoms with E-state index in [2.05, 4.69) is 5.32 Å². The van der Waals surface area contributed by atoms with E-state index < -0.39 is 0 Å². The van der Waals surface area contributed by atoms with E-state index in [1.54, 1.807) is 31.4 Å². The van der Waals surface area contributed by atoms with Crippen molar-refractivity contribution in [1.82, 2.24) is 0 Å². The maximum absolute atomic E-state index is 12.2. The third-order valence-corrected chi connectivity index (χ3v) is 3.28. The number of anilines is 2. The Balaban J connectivity index is 2.29. The second-order valence-electron chi connectivity index (χ2n) is 4.34. The minimum Gasteiger partial charge on any atom is -0.497 e. The molecule has 2 rings (SSSR count). The van der Waals surface area contributed by atoms with Crippen molar-refractivity contribution in [3.63, 3.8) is 0 Å². The van der Waals surface area contributed by atoms with Crippen molar-refractivity contribution < 1.29 is 9.53 Å². The molecule has 0 bridgehead atoms. The summed E-state index contributed by atoms with van der Waals surface area (Å²) in [6, 6.07) is 10.3. The fourth-order valence-corrected chi connectivity index (χ4v) is 2.11. The van der Waals surface area contributed by atoms with Crippen LogP contribution in [0.25, 0.3) is 0 Å². The van der Waals surface area contributed by atoms with Gasteiger partial charge in [-0.25, -0.2) is 0 Å². The summed E-state index contributed by atoms with van der Waals surface area (Å²) in [4.78, 5) is 12.2. The lowest BCUT2D eigenvalue weighted by Gasteiger charge is -2.12. The van der Waals surface area contributed by atoms with Gasteiger partial charge in [0.2, 0.25) is 0 Å². The van der Waals surface area contributed by atoms with E-state index in [-0.39, 0.29) is 5.91 Å². The number of nitrogens with two attached hydrogens (primary N) is 1. The number of hydrogen-bond acceptors (Lipinski definition) is 3. The Morgan fingerprint density at radius 3 is 2.65 bits per heavy atom. The molecule has 1 amide bonds. The Morgan fingerprint density at radius 2 is 2.05 bits per heavy atom. The van der Waals surface area contributed by atoms with Crippen LogP contribution in [0.15, 0.2) is 36.4 Å². The molecule has 2 aromatic rings. The van der Waals surface area contributed by atoms with Gasteiger partial charge in [-0.15, -0.1) is 0 Å². The van der Waals surface area contributed by atoms with Crippen molar-refractivity contribution in [2.75, 3.05) is 18.2 Å². The Kier molecular flexibility index (Phi) is 4.15. The van der Waals surface area contributed by atoms with E-state index in [1.165, 1.54) is 0 Å². The summed E-state index contributed by atoms with van der Waals surface area (Å²) in [6.45, 7) is 1.87. The second-order valence-corrected chi connectivity index (χ2v) is 4.75. The van der Waals surface area contributed by atoms with Crippen LogP contribution >= 0.6 is 11.6 Å². The zero-order valence-corrected chi connectivity index (χ0v) is 12.0. The number of amides is 1. The second kappa shape index (κ2) is 5.84. The number of para-hydroxylation sites is 1. The molecular formula is C15H15ClN2O2. The molecule has 20 heavy (non-hydrogen) atoms. The largest absolute Gasteiger partial charge is 0.497 e. The summed E-state index contributed by atoms with van der Waals surface area (Å²) in [5.74, 6) is 0.300. The number of benzene rings is 2. The number of nitrogens with one attached hydrogen (secondary N) is 1. The fourth-order valence-electron chi connectivity index (χ4n) is 1.85. The molecule has 0 aliphatic rings. The third-order valence-electron chi connectivity index (χ3n) is 2.96. The summed E-state index contributed by atoms with van der Waals surface area (Å²) in [6.07, 6.45) is 0. The minimum absolute atomic E-state index is 0.304. The van der Waals surface area contributed by atoms with Gasteiger partial charge in [-0.2, -0.15) is 0 Å². The summed E-state index contributed by atoms with van der Waals surface area (Å²) < 4.78 is 5.05. The minimum atomic E-state index is -0.304. The number of carbonyl (C=O) groups excluding carboxylic acids is 1. The average molecular weight is 291 g/mol. The van der Waals surface area contributed by atoms with E-state index in [4.69, 9.17) is 22.1 Å². The molecule has 0 saturated heterocycles. The highest BCUT2D eigenvalue weighted by Crippen LogP contribution is 2.27. The molecule has 104 valence electrons. The van der Waals surface area contributed by atoms with Gasteiger partial charge in [0.15, 0.2) is 0 Å². The first-order chi connectivity index (χ1) is 9.52. The molecule has 4 nitrogen and oxygen atoms in total. The highest BCUT2D eigenvalue weighted by atomic mass is 35.5. The van der Waals surface area contributed by atoms with Gasteiger partial charge in [0.05, 0.1) is 23.4 Å². The van der Waals surface area contributed by atoms with Crippen molar-refractivity contribution in [2.24, 2.45) is 0 Å². The van der Waals surface area contributed by atoms with Crippen LogP contribution in [0.3, 0.4) is 0 Å². The van der Waals surface area contributed by atoms with Crippen LogP contribution in [0.1, 0.15) is 15.9 Å². The number of rotatable bonds is 3. The highest BCUT2D eigenvalue weighted by molar-refractivity contribution is 6.34. The Morgan fingerprint density at radius 1 is 1.30 bits per heavy atom. The van der Waals surface area contributed by atoms with Crippen molar-refractivity contribution >= 4 is 28.9 Å². The SMILES string of the molecule is COc1ccc(C(=O)Nc2c(C)cccc2Cl)c(N)c1. The maximum atomic E-state index is 12.2. The molecule has 2 aromatic carbocycles. The predicted octanol–water partition coefficient (Wildman–Crippen LogP) is 3.49. The molecule has 0 aliphatic heterocycles. The predicted molar refractivity (Wildman–Crippen MR) is 81.5 cm³/mol. The molecule has 0 aromatic heterocycles. The maximum Gasteiger partial charge on any atom is 0.257 e. The number of hydrogen-bond donors (Lipinski definition) is 2. The monoisotopic (exact) mass is 290 g/mol.